The van der Waals surface area contributed by atoms with Crippen molar-refractivity contribution < 1.29 is 10.0 Å². The number of nitrogens with one attached hydrogen (secondary N) is 1. The predicted molar refractivity (Wildman–Crippen MR) is 82.1 cm³/mol. The molecule has 0 radical (unpaired) electrons. The number of benzene rings is 1. The molecule has 1 aromatic carbocycles. The number of amides is 1. The number of amidine groups is 1. The molecule has 4 N–H and O–H groups in total. The van der Waals surface area contributed by atoms with Crippen molar-refractivity contribution in [3.8, 4) is 0 Å². The van der Waals surface area contributed by atoms with Gasteiger partial charge in [0.15, 0.2) is 5.84 Å². The normalized spacial score (nSPS) is 11.2. The summed E-state index contributed by atoms with van der Waals surface area (Å²) >= 11 is 3.26. The lowest BCUT2D eigenvalue weighted by molar-refractivity contribution is 0.0946. The molecule has 21 heavy (non-hydrogen) atoms. The van der Waals surface area contributed by atoms with Crippen LogP contribution in [0, 0.1) is 0 Å². The Labute approximate surface area is 129 Å². The minimum Gasteiger partial charge on any atom is -0.409 e. The Balaban J connectivity index is 1.96. The summed E-state index contributed by atoms with van der Waals surface area (Å²) in [4.78, 5) is 15.9. The van der Waals surface area contributed by atoms with Crippen LogP contribution in [0.4, 0.5) is 0 Å². The molecule has 0 unspecified atom stereocenters. The zero-order valence-electron chi connectivity index (χ0n) is 11.0. The van der Waals surface area contributed by atoms with E-state index in [0.717, 1.165) is 10.0 Å². The second-order valence-corrected chi connectivity index (χ2v) is 5.14. The number of aromatic nitrogens is 1. The number of hydrogen-bond acceptors (Lipinski definition) is 4. The molecule has 0 atom stereocenters. The molecule has 0 saturated carbocycles. The van der Waals surface area contributed by atoms with Gasteiger partial charge in [-0.25, -0.2) is 4.98 Å². The van der Waals surface area contributed by atoms with Gasteiger partial charge >= 0.3 is 0 Å². The molecular weight excluding hydrogens is 336 g/mol. The molecule has 0 bridgehead atoms. The van der Waals surface area contributed by atoms with E-state index in [4.69, 9.17) is 10.9 Å². The molecule has 0 aliphatic heterocycles. The van der Waals surface area contributed by atoms with E-state index in [2.05, 4.69) is 31.4 Å². The molecule has 0 saturated heterocycles. The largest absolute Gasteiger partial charge is 0.409 e. The molecular formula is C14H13BrN4O2. The first-order valence-corrected chi connectivity index (χ1v) is 6.86. The minimum atomic E-state index is -0.247. The Bertz CT molecular complexity index is 654. The van der Waals surface area contributed by atoms with Gasteiger partial charge in [-0.15, -0.1) is 0 Å². The summed E-state index contributed by atoms with van der Waals surface area (Å²) in [6.45, 7) is 0.368. The maximum absolute atomic E-state index is 11.9. The quantitative estimate of drug-likeness (QED) is 0.339. The fourth-order valence-corrected chi connectivity index (χ4v) is 1.87. The van der Waals surface area contributed by atoms with Gasteiger partial charge in [0.25, 0.3) is 5.91 Å². The van der Waals surface area contributed by atoms with E-state index in [1.54, 1.807) is 42.6 Å². The van der Waals surface area contributed by atoms with E-state index in [-0.39, 0.29) is 11.7 Å². The molecule has 1 amide bonds. The SMILES string of the molecule is NC(=NO)c1ccc(CNC(=O)c2ccc(Br)cn2)cc1. The average Bonchev–Trinajstić information content (AvgIpc) is 2.53. The minimum absolute atomic E-state index is 0.0460. The van der Waals surface area contributed by atoms with Gasteiger partial charge in [-0.2, -0.15) is 0 Å². The molecule has 108 valence electrons. The van der Waals surface area contributed by atoms with Gasteiger partial charge in [0.05, 0.1) is 0 Å². The summed E-state index contributed by atoms with van der Waals surface area (Å²) < 4.78 is 0.817. The third kappa shape index (κ3) is 4.03. The molecule has 1 heterocycles. The van der Waals surface area contributed by atoms with Crippen molar-refractivity contribution in [2.45, 2.75) is 6.54 Å². The molecule has 0 fully saturated rings. The average molecular weight is 349 g/mol. The summed E-state index contributed by atoms with van der Waals surface area (Å²) in [5.74, 6) is -0.201. The number of halogens is 1. The number of rotatable bonds is 4. The van der Waals surface area contributed by atoms with Crippen molar-refractivity contribution in [3.05, 3.63) is 63.9 Å². The Kier molecular flexibility index (Phi) is 4.89. The Hall–Kier alpha value is -2.41. The second-order valence-electron chi connectivity index (χ2n) is 4.23. The maximum atomic E-state index is 11.9. The lowest BCUT2D eigenvalue weighted by atomic mass is 10.1. The highest BCUT2D eigenvalue weighted by Gasteiger charge is 2.06. The van der Waals surface area contributed by atoms with Crippen molar-refractivity contribution in [1.82, 2.24) is 10.3 Å². The lowest BCUT2D eigenvalue weighted by Crippen LogP contribution is -2.23. The van der Waals surface area contributed by atoms with Gasteiger partial charge < -0.3 is 16.3 Å². The zero-order chi connectivity index (χ0) is 15.2. The Morgan fingerprint density at radius 2 is 2.00 bits per heavy atom. The smallest absolute Gasteiger partial charge is 0.270 e. The fraction of sp³-hybridized carbons (Fsp3) is 0.0714. The highest BCUT2D eigenvalue weighted by molar-refractivity contribution is 9.10. The van der Waals surface area contributed by atoms with Crippen LogP contribution in [0.25, 0.3) is 0 Å². The van der Waals surface area contributed by atoms with Gasteiger partial charge in [0, 0.05) is 22.8 Å². The van der Waals surface area contributed by atoms with Crippen LogP contribution in [0.3, 0.4) is 0 Å². The summed E-state index contributed by atoms with van der Waals surface area (Å²) in [6.07, 6.45) is 1.57. The zero-order valence-corrected chi connectivity index (χ0v) is 12.5. The van der Waals surface area contributed by atoms with Gasteiger partial charge in [0.1, 0.15) is 5.69 Å². The summed E-state index contributed by atoms with van der Waals surface area (Å²) in [7, 11) is 0. The van der Waals surface area contributed by atoms with Crippen LogP contribution in [0.5, 0.6) is 0 Å². The summed E-state index contributed by atoms with van der Waals surface area (Å²) in [5, 5.41) is 14.3. The molecule has 0 aliphatic carbocycles. The second kappa shape index (κ2) is 6.85. The summed E-state index contributed by atoms with van der Waals surface area (Å²) in [5.41, 5.74) is 7.34. The van der Waals surface area contributed by atoms with E-state index in [1.807, 2.05) is 0 Å². The molecule has 2 aromatic rings. The number of carbonyl (C=O) groups is 1. The first-order valence-electron chi connectivity index (χ1n) is 6.07. The van der Waals surface area contributed by atoms with E-state index in [9.17, 15) is 4.79 Å². The van der Waals surface area contributed by atoms with E-state index >= 15 is 0 Å². The standard InChI is InChI=1S/C14H13BrN4O2/c15-11-5-6-12(17-8-11)14(20)18-7-9-1-3-10(4-2-9)13(16)19-21/h1-6,8,21H,7H2,(H2,16,19)(H,18,20). The van der Waals surface area contributed by atoms with Crippen molar-refractivity contribution in [2.24, 2.45) is 10.9 Å². The fourth-order valence-electron chi connectivity index (χ4n) is 1.63. The third-order valence-electron chi connectivity index (χ3n) is 2.77. The molecule has 6 nitrogen and oxygen atoms in total. The van der Waals surface area contributed by atoms with Crippen molar-refractivity contribution in [1.29, 1.82) is 0 Å². The van der Waals surface area contributed by atoms with E-state index < -0.39 is 0 Å². The first kappa shape index (κ1) is 15.0. The monoisotopic (exact) mass is 348 g/mol. The van der Waals surface area contributed by atoms with E-state index in [1.165, 1.54) is 0 Å². The predicted octanol–water partition coefficient (Wildman–Crippen LogP) is 1.87. The van der Waals surface area contributed by atoms with Gasteiger partial charge in [-0.3, -0.25) is 4.79 Å². The van der Waals surface area contributed by atoms with Crippen LogP contribution in [-0.4, -0.2) is 21.9 Å². The lowest BCUT2D eigenvalue weighted by Gasteiger charge is -2.06. The Morgan fingerprint density at radius 1 is 1.29 bits per heavy atom. The van der Waals surface area contributed by atoms with Crippen molar-refractivity contribution in [3.63, 3.8) is 0 Å². The first-order chi connectivity index (χ1) is 10.1. The number of oxime groups is 1. The highest BCUT2D eigenvalue weighted by Crippen LogP contribution is 2.08. The maximum Gasteiger partial charge on any atom is 0.270 e. The van der Waals surface area contributed by atoms with Crippen LogP contribution in [0.2, 0.25) is 0 Å². The highest BCUT2D eigenvalue weighted by atomic mass is 79.9. The van der Waals surface area contributed by atoms with Gasteiger partial charge in [-0.1, -0.05) is 29.4 Å². The number of pyridine rings is 1. The van der Waals surface area contributed by atoms with Crippen LogP contribution in [-0.2, 0) is 6.54 Å². The topological polar surface area (TPSA) is 101 Å². The van der Waals surface area contributed by atoms with Gasteiger partial charge in [-0.05, 0) is 33.6 Å². The molecule has 0 aliphatic rings. The molecule has 7 heteroatoms. The number of hydrogen-bond donors (Lipinski definition) is 3. The Morgan fingerprint density at radius 3 is 2.57 bits per heavy atom. The molecule has 2 rings (SSSR count). The molecule has 1 aromatic heterocycles. The van der Waals surface area contributed by atoms with Crippen molar-refractivity contribution in [2.75, 3.05) is 0 Å². The number of nitrogens with two attached hydrogens (primary N) is 1. The van der Waals surface area contributed by atoms with Crippen LogP contribution in [0.1, 0.15) is 21.6 Å². The molecule has 0 spiro atoms. The summed E-state index contributed by atoms with van der Waals surface area (Å²) in [6, 6.07) is 10.4. The number of carbonyl (C=O) groups excluding carboxylic acids is 1. The van der Waals surface area contributed by atoms with Crippen LogP contribution >= 0.6 is 15.9 Å². The van der Waals surface area contributed by atoms with Crippen LogP contribution in [0.15, 0.2) is 52.2 Å². The number of nitrogens with zero attached hydrogens (tertiary/aromatic N) is 2. The third-order valence-corrected chi connectivity index (χ3v) is 3.24. The van der Waals surface area contributed by atoms with E-state index in [0.29, 0.717) is 17.8 Å². The van der Waals surface area contributed by atoms with Crippen molar-refractivity contribution >= 4 is 27.7 Å². The van der Waals surface area contributed by atoms with Crippen LogP contribution < -0.4 is 11.1 Å². The van der Waals surface area contributed by atoms with Gasteiger partial charge in [0.2, 0.25) is 0 Å².